The molecule has 0 amide bonds. The zero-order valence-electron chi connectivity index (χ0n) is 5.15. The lowest BCUT2D eigenvalue weighted by Gasteiger charge is -2.02. The number of nitrogens with one attached hydrogen (secondary N) is 1. The highest BCUT2D eigenvalue weighted by molar-refractivity contribution is 4.79. The number of halogens is 1. The van der Waals surface area contributed by atoms with Gasteiger partial charge in [-0.15, -0.1) is 0 Å². The van der Waals surface area contributed by atoms with E-state index in [0.717, 1.165) is 12.8 Å². The largest absolute Gasteiger partial charge is 0.311 e. The maximum atomic E-state index is 12.3. The first-order chi connectivity index (χ1) is 3.83. The van der Waals surface area contributed by atoms with Gasteiger partial charge < -0.3 is 5.32 Å². The molecule has 1 aliphatic rings. The van der Waals surface area contributed by atoms with Gasteiger partial charge in [-0.25, -0.2) is 4.39 Å². The van der Waals surface area contributed by atoms with Crippen molar-refractivity contribution in [3.8, 4) is 0 Å². The minimum absolute atomic E-state index is 0.449. The molecule has 0 aromatic rings. The molecule has 0 spiro atoms. The summed E-state index contributed by atoms with van der Waals surface area (Å²) in [6, 6.07) is 0.449. The molecule has 1 N–H and O–H groups in total. The highest BCUT2D eigenvalue weighted by atomic mass is 19.1. The third-order valence-electron chi connectivity index (χ3n) is 1.66. The molecule has 1 heterocycles. The first-order valence-electron chi connectivity index (χ1n) is 3.20. The van der Waals surface area contributed by atoms with Gasteiger partial charge in [-0.05, 0) is 12.8 Å². The Hall–Kier alpha value is -0.110. The first-order valence-corrected chi connectivity index (χ1v) is 3.20. The average Bonchev–Trinajstić information content (AvgIpc) is 2.14. The molecule has 0 unspecified atom stereocenters. The van der Waals surface area contributed by atoms with Crippen molar-refractivity contribution < 1.29 is 4.39 Å². The SMILES string of the molecule is CC[C@@H]1C[C@H](F)CN1. The van der Waals surface area contributed by atoms with Gasteiger partial charge in [0.25, 0.3) is 0 Å². The zero-order chi connectivity index (χ0) is 5.98. The van der Waals surface area contributed by atoms with Gasteiger partial charge >= 0.3 is 0 Å². The van der Waals surface area contributed by atoms with Crippen LogP contribution < -0.4 is 5.32 Å². The highest BCUT2D eigenvalue weighted by Gasteiger charge is 2.20. The third kappa shape index (κ3) is 1.19. The summed E-state index contributed by atoms with van der Waals surface area (Å²) in [6.07, 6.45) is 1.19. The van der Waals surface area contributed by atoms with Crippen molar-refractivity contribution in [3.05, 3.63) is 0 Å². The second kappa shape index (κ2) is 2.44. The minimum atomic E-state index is -0.583. The molecule has 1 aliphatic heterocycles. The van der Waals surface area contributed by atoms with Gasteiger partial charge in [0.1, 0.15) is 6.17 Å². The maximum Gasteiger partial charge on any atom is 0.114 e. The summed E-state index contributed by atoms with van der Waals surface area (Å²) < 4.78 is 12.3. The van der Waals surface area contributed by atoms with E-state index in [4.69, 9.17) is 0 Å². The molecule has 1 rings (SSSR count). The molecule has 2 heteroatoms. The molecule has 0 aromatic carbocycles. The van der Waals surface area contributed by atoms with Crippen molar-refractivity contribution in [2.45, 2.75) is 32.0 Å². The molecule has 0 radical (unpaired) electrons. The summed E-state index contributed by atoms with van der Waals surface area (Å²) in [7, 11) is 0. The molecule has 8 heavy (non-hydrogen) atoms. The lowest BCUT2D eigenvalue weighted by Crippen LogP contribution is -2.19. The summed E-state index contributed by atoms with van der Waals surface area (Å²) in [5.74, 6) is 0. The molecular weight excluding hydrogens is 105 g/mol. The minimum Gasteiger partial charge on any atom is -0.311 e. The van der Waals surface area contributed by atoms with E-state index in [1.807, 2.05) is 0 Å². The quantitative estimate of drug-likeness (QED) is 0.542. The van der Waals surface area contributed by atoms with Crippen molar-refractivity contribution in [3.63, 3.8) is 0 Å². The van der Waals surface area contributed by atoms with Crippen LogP contribution in [0.25, 0.3) is 0 Å². The van der Waals surface area contributed by atoms with E-state index in [9.17, 15) is 4.39 Å². The van der Waals surface area contributed by atoms with E-state index in [2.05, 4.69) is 12.2 Å². The molecule has 0 aliphatic carbocycles. The van der Waals surface area contributed by atoms with Crippen molar-refractivity contribution >= 4 is 0 Å². The van der Waals surface area contributed by atoms with Crippen LogP contribution in [0, 0.1) is 0 Å². The Labute approximate surface area is 49.3 Å². The molecule has 0 saturated carbocycles. The summed E-state index contributed by atoms with van der Waals surface area (Å²) in [5, 5.41) is 3.08. The van der Waals surface area contributed by atoms with E-state index < -0.39 is 6.17 Å². The fourth-order valence-electron chi connectivity index (χ4n) is 1.08. The molecule has 2 atom stereocenters. The summed E-state index contributed by atoms with van der Waals surface area (Å²) in [6.45, 7) is 2.65. The van der Waals surface area contributed by atoms with Crippen LogP contribution in [0.15, 0.2) is 0 Å². The second-order valence-electron chi connectivity index (χ2n) is 2.35. The Bertz CT molecular complexity index is 74.9. The predicted molar refractivity (Wildman–Crippen MR) is 31.6 cm³/mol. The average molecular weight is 117 g/mol. The zero-order valence-corrected chi connectivity index (χ0v) is 5.15. The smallest absolute Gasteiger partial charge is 0.114 e. The van der Waals surface area contributed by atoms with Gasteiger partial charge in [0, 0.05) is 12.6 Å². The van der Waals surface area contributed by atoms with Gasteiger partial charge in [-0.1, -0.05) is 6.92 Å². The summed E-state index contributed by atoms with van der Waals surface area (Å²) in [4.78, 5) is 0. The first kappa shape index (κ1) is 6.02. The number of hydrogen-bond donors (Lipinski definition) is 1. The van der Waals surface area contributed by atoms with Crippen molar-refractivity contribution in [2.24, 2.45) is 0 Å². The number of hydrogen-bond acceptors (Lipinski definition) is 1. The van der Waals surface area contributed by atoms with Crippen LogP contribution in [-0.2, 0) is 0 Å². The maximum absolute atomic E-state index is 12.3. The topological polar surface area (TPSA) is 12.0 Å². The van der Waals surface area contributed by atoms with Crippen molar-refractivity contribution in [2.75, 3.05) is 6.54 Å². The normalized spacial score (nSPS) is 38.2. The predicted octanol–water partition coefficient (Wildman–Crippen LogP) is 1.10. The number of rotatable bonds is 1. The Kier molecular flexibility index (Phi) is 1.84. The molecule has 48 valence electrons. The summed E-state index contributed by atoms with van der Waals surface area (Å²) >= 11 is 0. The van der Waals surface area contributed by atoms with Crippen molar-refractivity contribution in [1.29, 1.82) is 0 Å². The number of alkyl halides is 1. The van der Waals surface area contributed by atoms with E-state index in [-0.39, 0.29) is 0 Å². The lowest BCUT2D eigenvalue weighted by atomic mass is 10.2. The van der Waals surface area contributed by atoms with Crippen LogP contribution in [-0.4, -0.2) is 18.8 Å². The van der Waals surface area contributed by atoms with Crippen LogP contribution in [0.1, 0.15) is 19.8 Å². The fourth-order valence-corrected chi connectivity index (χ4v) is 1.08. The van der Waals surface area contributed by atoms with E-state index >= 15 is 0 Å². The van der Waals surface area contributed by atoms with Crippen LogP contribution in [0.4, 0.5) is 4.39 Å². The van der Waals surface area contributed by atoms with E-state index in [0.29, 0.717) is 12.6 Å². The van der Waals surface area contributed by atoms with Crippen LogP contribution in [0.5, 0.6) is 0 Å². The Balaban J connectivity index is 2.22. The van der Waals surface area contributed by atoms with Crippen LogP contribution >= 0.6 is 0 Å². The standard InChI is InChI=1S/C6H12FN/c1-2-6-3-5(7)4-8-6/h5-6,8H,2-4H2,1H3/t5-,6+/m0/s1. The van der Waals surface area contributed by atoms with Gasteiger partial charge in [-0.2, -0.15) is 0 Å². The second-order valence-corrected chi connectivity index (χ2v) is 2.35. The molecule has 1 fully saturated rings. The van der Waals surface area contributed by atoms with Crippen LogP contribution in [0.2, 0.25) is 0 Å². The van der Waals surface area contributed by atoms with E-state index in [1.165, 1.54) is 0 Å². The Morgan fingerprint density at radius 2 is 2.50 bits per heavy atom. The molecule has 0 bridgehead atoms. The molecule has 0 aromatic heterocycles. The molecular formula is C6H12FN. The van der Waals surface area contributed by atoms with Gasteiger partial charge in [0.15, 0.2) is 0 Å². The molecule has 1 nitrogen and oxygen atoms in total. The summed E-state index contributed by atoms with van der Waals surface area (Å²) in [5.41, 5.74) is 0. The van der Waals surface area contributed by atoms with Gasteiger partial charge in [-0.3, -0.25) is 0 Å². The Morgan fingerprint density at radius 3 is 2.75 bits per heavy atom. The van der Waals surface area contributed by atoms with Gasteiger partial charge in [0.2, 0.25) is 0 Å². The lowest BCUT2D eigenvalue weighted by molar-refractivity contribution is 0.354. The Morgan fingerprint density at radius 1 is 1.75 bits per heavy atom. The highest BCUT2D eigenvalue weighted by Crippen LogP contribution is 2.11. The third-order valence-corrected chi connectivity index (χ3v) is 1.66. The van der Waals surface area contributed by atoms with Crippen LogP contribution in [0.3, 0.4) is 0 Å². The monoisotopic (exact) mass is 117 g/mol. The molecule has 1 saturated heterocycles. The van der Waals surface area contributed by atoms with E-state index in [1.54, 1.807) is 0 Å². The fraction of sp³-hybridized carbons (Fsp3) is 1.00. The van der Waals surface area contributed by atoms with Gasteiger partial charge in [0.05, 0.1) is 0 Å². The van der Waals surface area contributed by atoms with Crippen molar-refractivity contribution in [1.82, 2.24) is 5.32 Å².